The molecule has 0 saturated carbocycles. The zero-order chi connectivity index (χ0) is 20.3. The lowest BCUT2D eigenvalue weighted by Gasteiger charge is -2.17. The smallest absolute Gasteiger partial charge is 0.311 e. The number of carbonyl (C=O) groups is 3. The Labute approximate surface area is 170 Å². The molecule has 0 unspecified atom stereocenters. The SMILES string of the molecule is O=C(COC(=O)[C@@H]1CC(=O)N(c2ccccc2F)C1)Nc1ccc(Cl)cc1Cl. The highest BCUT2D eigenvalue weighted by atomic mass is 35.5. The molecule has 0 aromatic heterocycles. The van der Waals surface area contributed by atoms with Crippen LogP contribution in [-0.4, -0.2) is 30.9 Å². The summed E-state index contributed by atoms with van der Waals surface area (Å²) in [5.41, 5.74) is 0.437. The van der Waals surface area contributed by atoms with Crippen LogP contribution in [0.15, 0.2) is 42.5 Å². The van der Waals surface area contributed by atoms with Crippen molar-refractivity contribution >= 4 is 52.4 Å². The molecular formula is C19H15Cl2FN2O4. The third-order valence-corrected chi connectivity index (χ3v) is 4.70. The van der Waals surface area contributed by atoms with Crippen molar-refractivity contribution in [3.63, 3.8) is 0 Å². The molecule has 1 heterocycles. The van der Waals surface area contributed by atoms with Crippen LogP contribution in [0.4, 0.5) is 15.8 Å². The Morgan fingerprint density at radius 3 is 2.68 bits per heavy atom. The summed E-state index contributed by atoms with van der Waals surface area (Å²) in [4.78, 5) is 37.5. The summed E-state index contributed by atoms with van der Waals surface area (Å²) < 4.78 is 18.9. The van der Waals surface area contributed by atoms with E-state index in [9.17, 15) is 18.8 Å². The van der Waals surface area contributed by atoms with Gasteiger partial charge in [-0.05, 0) is 30.3 Å². The molecule has 1 fully saturated rings. The quantitative estimate of drug-likeness (QED) is 0.742. The second kappa shape index (κ2) is 8.58. The molecule has 0 radical (unpaired) electrons. The van der Waals surface area contributed by atoms with E-state index in [0.29, 0.717) is 10.7 Å². The van der Waals surface area contributed by atoms with Crippen molar-refractivity contribution in [1.82, 2.24) is 0 Å². The van der Waals surface area contributed by atoms with Gasteiger partial charge in [0.1, 0.15) is 5.82 Å². The fourth-order valence-electron chi connectivity index (χ4n) is 2.80. The zero-order valence-electron chi connectivity index (χ0n) is 14.5. The first kappa shape index (κ1) is 20.1. The van der Waals surface area contributed by atoms with Crippen LogP contribution in [0.1, 0.15) is 6.42 Å². The second-order valence-electron chi connectivity index (χ2n) is 6.14. The minimum Gasteiger partial charge on any atom is -0.455 e. The van der Waals surface area contributed by atoms with Crippen LogP contribution in [0.25, 0.3) is 0 Å². The van der Waals surface area contributed by atoms with Gasteiger partial charge in [0, 0.05) is 18.0 Å². The minimum atomic E-state index is -0.779. The van der Waals surface area contributed by atoms with E-state index in [-0.39, 0.29) is 29.6 Å². The lowest BCUT2D eigenvalue weighted by Crippen LogP contribution is -2.28. The van der Waals surface area contributed by atoms with Gasteiger partial charge in [-0.1, -0.05) is 35.3 Å². The third-order valence-electron chi connectivity index (χ3n) is 4.15. The molecule has 0 aliphatic carbocycles. The number of carbonyl (C=O) groups excluding carboxylic acids is 3. The maximum atomic E-state index is 13.9. The zero-order valence-corrected chi connectivity index (χ0v) is 16.0. The van der Waals surface area contributed by atoms with Gasteiger partial charge in [-0.25, -0.2) is 4.39 Å². The Kier molecular flexibility index (Phi) is 6.16. The molecule has 28 heavy (non-hydrogen) atoms. The fraction of sp³-hybridized carbons (Fsp3) is 0.211. The molecular weight excluding hydrogens is 410 g/mol. The number of esters is 1. The van der Waals surface area contributed by atoms with Crippen LogP contribution in [0.3, 0.4) is 0 Å². The number of ether oxygens (including phenoxy) is 1. The molecule has 2 aromatic rings. The van der Waals surface area contributed by atoms with Crippen molar-refractivity contribution in [3.05, 3.63) is 58.3 Å². The van der Waals surface area contributed by atoms with E-state index in [1.807, 2.05) is 0 Å². The number of benzene rings is 2. The van der Waals surface area contributed by atoms with Crippen molar-refractivity contribution in [1.29, 1.82) is 0 Å². The summed E-state index contributed by atoms with van der Waals surface area (Å²) in [6, 6.07) is 10.3. The van der Waals surface area contributed by atoms with E-state index >= 15 is 0 Å². The molecule has 2 aromatic carbocycles. The monoisotopic (exact) mass is 424 g/mol. The maximum absolute atomic E-state index is 13.9. The number of nitrogens with zero attached hydrogens (tertiary/aromatic N) is 1. The van der Waals surface area contributed by atoms with Crippen LogP contribution in [0, 0.1) is 11.7 Å². The highest BCUT2D eigenvalue weighted by molar-refractivity contribution is 6.36. The highest BCUT2D eigenvalue weighted by Gasteiger charge is 2.37. The standard InChI is InChI=1S/C19H15Cl2FN2O4/c20-12-5-6-15(13(21)8-12)23-17(25)10-28-19(27)11-7-18(26)24(9-11)16-4-2-1-3-14(16)22/h1-6,8,11H,7,9-10H2,(H,23,25)/t11-/m1/s1. The first-order valence-corrected chi connectivity index (χ1v) is 9.07. The molecule has 1 N–H and O–H groups in total. The summed E-state index contributed by atoms with van der Waals surface area (Å²) in [6.07, 6.45) is -0.113. The van der Waals surface area contributed by atoms with Crippen LogP contribution in [0.5, 0.6) is 0 Å². The number of anilines is 2. The highest BCUT2D eigenvalue weighted by Crippen LogP contribution is 2.28. The molecule has 1 aliphatic heterocycles. The van der Waals surface area contributed by atoms with Crippen molar-refractivity contribution in [2.24, 2.45) is 5.92 Å². The Morgan fingerprint density at radius 1 is 1.21 bits per heavy atom. The first-order chi connectivity index (χ1) is 13.3. The number of nitrogens with one attached hydrogen (secondary N) is 1. The number of amides is 2. The largest absolute Gasteiger partial charge is 0.455 e. The predicted octanol–water partition coefficient (Wildman–Crippen LogP) is 3.67. The topological polar surface area (TPSA) is 75.7 Å². The van der Waals surface area contributed by atoms with Gasteiger partial charge in [0.15, 0.2) is 6.61 Å². The molecule has 2 amide bonds. The first-order valence-electron chi connectivity index (χ1n) is 8.31. The summed E-state index contributed by atoms with van der Waals surface area (Å²) in [7, 11) is 0. The molecule has 6 nitrogen and oxygen atoms in total. The fourth-order valence-corrected chi connectivity index (χ4v) is 3.26. The molecule has 3 rings (SSSR count). The summed E-state index contributed by atoms with van der Waals surface area (Å²) in [6.45, 7) is -0.550. The van der Waals surface area contributed by atoms with Crippen LogP contribution >= 0.6 is 23.2 Å². The number of hydrogen-bond acceptors (Lipinski definition) is 4. The third kappa shape index (κ3) is 4.61. The summed E-state index contributed by atoms with van der Waals surface area (Å²) in [5, 5.41) is 3.16. The van der Waals surface area contributed by atoms with Gasteiger partial charge in [0.25, 0.3) is 5.91 Å². The van der Waals surface area contributed by atoms with Crippen LogP contribution in [0.2, 0.25) is 10.0 Å². The second-order valence-corrected chi connectivity index (χ2v) is 6.98. The molecule has 1 atom stereocenters. The Bertz CT molecular complexity index is 938. The molecule has 9 heteroatoms. The van der Waals surface area contributed by atoms with Crippen molar-refractivity contribution in [2.75, 3.05) is 23.4 Å². The molecule has 1 saturated heterocycles. The number of halogens is 3. The van der Waals surface area contributed by atoms with Crippen LogP contribution < -0.4 is 10.2 Å². The van der Waals surface area contributed by atoms with Gasteiger partial charge < -0.3 is 15.0 Å². The normalized spacial score (nSPS) is 16.2. The van der Waals surface area contributed by atoms with E-state index in [1.54, 1.807) is 12.1 Å². The van der Waals surface area contributed by atoms with Crippen molar-refractivity contribution in [3.8, 4) is 0 Å². The lowest BCUT2D eigenvalue weighted by atomic mass is 10.1. The van der Waals surface area contributed by atoms with Gasteiger partial charge in [-0.2, -0.15) is 0 Å². The minimum absolute atomic E-state index is 0.0107. The molecule has 146 valence electrons. The number of rotatable bonds is 5. The Balaban J connectivity index is 1.54. The maximum Gasteiger partial charge on any atom is 0.311 e. The van der Waals surface area contributed by atoms with Gasteiger partial charge in [-0.15, -0.1) is 0 Å². The molecule has 1 aliphatic rings. The Hall–Kier alpha value is -2.64. The average molecular weight is 425 g/mol. The van der Waals surface area contributed by atoms with E-state index < -0.39 is 30.2 Å². The lowest BCUT2D eigenvalue weighted by molar-refractivity contribution is -0.151. The molecule has 0 bridgehead atoms. The predicted molar refractivity (Wildman–Crippen MR) is 103 cm³/mol. The average Bonchev–Trinajstić information content (AvgIpc) is 3.04. The van der Waals surface area contributed by atoms with E-state index in [4.69, 9.17) is 27.9 Å². The van der Waals surface area contributed by atoms with Crippen LogP contribution in [-0.2, 0) is 19.1 Å². The van der Waals surface area contributed by atoms with Gasteiger partial charge >= 0.3 is 5.97 Å². The Morgan fingerprint density at radius 2 is 1.96 bits per heavy atom. The molecule has 0 spiro atoms. The summed E-state index contributed by atoms with van der Waals surface area (Å²) in [5.74, 6) is -3.01. The van der Waals surface area contributed by atoms with Crippen molar-refractivity contribution in [2.45, 2.75) is 6.42 Å². The van der Waals surface area contributed by atoms with E-state index in [2.05, 4.69) is 5.32 Å². The number of para-hydroxylation sites is 1. The van der Waals surface area contributed by atoms with Crippen molar-refractivity contribution < 1.29 is 23.5 Å². The van der Waals surface area contributed by atoms with E-state index in [0.717, 1.165) is 0 Å². The number of hydrogen-bond donors (Lipinski definition) is 1. The van der Waals surface area contributed by atoms with E-state index in [1.165, 1.54) is 35.2 Å². The van der Waals surface area contributed by atoms with Gasteiger partial charge in [0.05, 0.1) is 22.3 Å². The summed E-state index contributed by atoms with van der Waals surface area (Å²) >= 11 is 11.7. The van der Waals surface area contributed by atoms with Gasteiger partial charge in [0.2, 0.25) is 5.91 Å². The van der Waals surface area contributed by atoms with Gasteiger partial charge in [-0.3, -0.25) is 14.4 Å².